The Morgan fingerprint density at radius 1 is 1.03 bits per heavy atom. The smallest absolute Gasteiger partial charge is 0.370 e. The lowest BCUT2D eigenvalue weighted by Crippen LogP contribution is -2.35. The number of rotatable bonds is 3. The number of aromatic nitrogens is 2. The maximum atomic E-state index is 13.0. The van der Waals surface area contributed by atoms with Crippen LogP contribution in [0.2, 0.25) is 5.02 Å². The van der Waals surface area contributed by atoms with Crippen molar-refractivity contribution < 1.29 is 18.0 Å². The highest BCUT2D eigenvalue weighted by molar-refractivity contribution is 6.31. The molecular formula is C25H19ClF3N5O2. The van der Waals surface area contributed by atoms with Crippen molar-refractivity contribution in [1.29, 1.82) is 0 Å². The lowest BCUT2D eigenvalue weighted by atomic mass is 9.97. The Labute approximate surface area is 207 Å². The lowest BCUT2D eigenvalue weighted by Gasteiger charge is -2.28. The average Bonchev–Trinajstić information content (AvgIpc) is 2.85. The molecule has 0 saturated carbocycles. The van der Waals surface area contributed by atoms with Gasteiger partial charge in [0.25, 0.3) is 0 Å². The summed E-state index contributed by atoms with van der Waals surface area (Å²) in [6, 6.07) is 16.9. The normalized spacial score (nSPS) is 15.2. The molecule has 1 aromatic heterocycles. The summed E-state index contributed by atoms with van der Waals surface area (Å²) in [6.45, 7) is 1.06. The number of halogens is 4. The third-order valence-corrected chi connectivity index (χ3v) is 6.29. The molecular weight excluding hydrogens is 495 g/mol. The molecule has 184 valence electrons. The molecule has 3 N–H and O–H groups in total. The monoisotopic (exact) mass is 513 g/mol. The molecule has 3 aromatic carbocycles. The van der Waals surface area contributed by atoms with Gasteiger partial charge in [-0.2, -0.15) is 18.2 Å². The maximum absolute atomic E-state index is 13.0. The van der Waals surface area contributed by atoms with Gasteiger partial charge in [0.1, 0.15) is 5.82 Å². The van der Waals surface area contributed by atoms with Crippen LogP contribution in [-0.4, -0.2) is 22.1 Å². The zero-order valence-electron chi connectivity index (χ0n) is 18.6. The third-order valence-electron chi connectivity index (χ3n) is 5.96. The molecule has 2 heterocycles. The number of alkyl halides is 3. The molecule has 0 radical (unpaired) electrons. The molecule has 0 spiro atoms. The molecule has 4 aromatic rings. The van der Waals surface area contributed by atoms with Crippen LogP contribution in [0.15, 0.2) is 71.5 Å². The number of hydrogen-bond acceptors (Lipinski definition) is 4. The zero-order chi connectivity index (χ0) is 25.4. The van der Waals surface area contributed by atoms with Crippen molar-refractivity contribution in [3.8, 4) is 0 Å². The second kappa shape index (κ2) is 9.19. The molecule has 5 rings (SSSR count). The van der Waals surface area contributed by atoms with E-state index in [9.17, 15) is 22.8 Å². The van der Waals surface area contributed by atoms with Gasteiger partial charge < -0.3 is 16.0 Å². The minimum atomic E-state index is -4.64. The number of carbonyl (C=O) groups is 1. The second-order valence-electron chi connectivity index (χ2n) is 8.34. The number of anilines is 3. The highest BCUT2D eigenvalue weighted by atomic mass is 35.5. The summed E-state index contributed by atoms with van der Waals surface area (Å²) in [7, 11) is 0. The van der Waals surface area contributed by atoms with Crippen LogP contribution in [0.5, 0.6) is 0 Å². The Balaban J connectivity index is 1.27. The van der Waals surface area contributed by atoms with E-state index in [-0.39, 0.29) is 17.3 Å². The lowest BCUT2D eigenvalue weighted by molar-refractivity contribution is -0.137. The van der Waals surface area contributed by atoms with E-state index in [1.807, 2.05) is 30.3 Å². The Morgan fingerprint density at radius 3 is 2.47 bits per heavy atom. The second-order valence-corrected chi connectivity index (χ2v) is 8.75. The number of fused-ring (bicyclic) bond motifs is 3. The predicted octanol–water partition coefficient (Wildman–Crippen LogP) is 5.92. The molecule has 11 heteroatoms. The molecule has 1 unspecified atom stereocenters. The van der Waals surface area contributed by atoms with Crippen molar-refractivity contribution in [2.75, 3.05) is 22.5 Å². The SMILES string of the molecule is O=C(Nc1ccc(C2CNc3c4ccccc4nc(=O)n3C2)cc1)Nc1ccc(Cl)c(C(F)(F)F)c1. The number of amides is 2. The Hall–Kier alpha value is -4.05. The van der Waals surface area contributed by atoms with Gasteiger partial charge >= 0.3 is 17.9 Å². The fourth-order valence-corrected chi connectivity index (χ4v) is 4.44. The first-order valence-electron chi connectivity index (χ1n) is 11.0. The van der Waals surface area contributed by atoms with Gasteiger partial charge in [0.2, 0.25) is 0 Å². The number of hydrogen-bond donors (Lipinski definition) is 3. The average molecular weight is 514 g/mol. The van der Waals surface area contributed by atoms with Crippen LogP contribution in [-0.2, 0) is 12.7 Å². The van der Waals surface area contributed by atoms with Crippen molar-refractivity contribution in [2.45, 2.75) is 18.6 Å². The zero-order valence-corrected chi connectivity index (χ0v) is 19.3. The Morgan fingerprint density at radius 2 is 1.72 bits per heavy atom. The number of nitrogens with one attached hydrogen (secondary N) is 3. The largest absolute Gasteiger partial charge is 0.417 e. The fourth-order valence-electron chi connectivity index (χ4n) is 4.22. The molecule has 7 nitrogen and oxygen atoms in total. The van der Waals surface area contributed by atoms with Crippen molar-refractivity contribution in [3.63, 3.8) is 0 Å². The minimum absolute atomic E-state index is 0.00380. The summed E-state index contributed by atoms with van der Waals surface area (Å²) in [6.07, 6.45) is -4.64. The van der Waals surface area contributed by atoms with Gasteiger partial charge in [0, 0.05) is 35.8 Å². The van der Waals surface area contributed by atoms with E-state index in [1.165, 1.54) is 6.07 Å². The predicted molar refractivity (Wildman–Crippen MR) is 133 cm³/mol. The summed E-state index contributed by atoms with van der Waals surface area (Å²) < 4.78 is 40.7. The van der Waals surface area contributed by atoms with Crippen LogP contribution >= 0.6 is 11.6 Å². The van der Waals surface area contributed by atoms with Crippen molar-refractivity contribution in [2.24, 2.45) is 0 Å². The standard InChI is InChI=1S/C25H19ClF3N5O2/c26-20-10-9-17(11-19(20)25(27,28)29)32-23(35)31-16-7-5-14(6-8-16)15-12-30-22-18-3-1-2-4-21(18)33-24(36)34(22)13-15/h1-11,15,30H,12-13H2,(H2,31,32,35). The van der Waals surface area contributed by atoms with E-state index in [2.05, 4.69) is 20.9 Å². The minimum Gasteiger partial charge on any atom is -0.370 e. The highest BCUT2D eigenvalue weighted by Gasteiger charge is 2.33. The van der Waals surface area contributed by atoms with Crippen LogP contribution in [0.3, 0.4) is 0 Å². The fraction of sp³-hybridized carbons (Fsp3) is 0.160. The van der Waals surface area contributed by atoms with Crippen molar-refractivity contribution >= 4 is 45.7 Å². The first kappa shape index (κ1) is 23.7. The highest BCUT2D eigenvalue weighted by Crippen LogP contribution is 2.36. The van der Waals surface area contributed by atoms with E-state index in [0.717, 1.165) is 28.9 Å². The molecule has 0 saturated heterocycles. The molecule has 1 aliphatic heterocycles. The van der Waals surface area contributed by atoms with Crippen LogP contribution in [0.25, 0.3) is 10.9 Å². The summed E-state index contributed by atoms with van der Waals surface area (Å²) in [5.41, 5.74) is 0.644. The van der Waals surface area contributed by atoms with Crippen LogP contribution in [0.1, 0.15) is 17.0 Å². The van der Waals surface area contributed by atoms with Gasteiger partial charge in [0.15, 0.2) is 0 Å². The Kier molecular flexibility index (Phi) is 6.05. The van der Waals surface area contributed by atoms with Crippen LogP contribution in [0.4, 0.5) is 35.2 Å². The quantitative estimate of drug-likeness (QED) is 0.317. The van der Waals surface area contributed by atoms with E-state index >= 15 is 0 Å². The Bertz CT molecular complexity index is 1520. The third kappa shape index (κ3) is 4.72. The summed E-state index contributed by atoms with van der Waals surface area (Å²) in [5.74, 6) is 0.739. The molecule has 2 amide bonds. The van der Waals surface area contributed by atoms with Crippen molar-refractivity contribution in [3.05, 3.63) is 93.4 Å². The molecule has 0 bridgehead atoms. The van der Waals surface area contributed by atoms with Gasteiger partial charge in [-0.1, -0.05) is 35.9 Å². The van der Waals surface area contributed by atoms with E-state index in [4.69, 9.17) is 11.6 Å². The molecule has 1 aliphatic rings. The van der Waals surface area contributed by atoms with Crippen molar-refractivity contribution in [1.82, 2.24) is 9.55 Å². The summed E-state index contributed by atoms with van der Waals surface area (Å²) in [5, 5.41) is 8.74. The van der Waals surface area contributed by atoms with Gasteiger partial charge in [-0.3, -0.25) is 4.57 Å². The number of para-hydroxylation sites is 1. The molecule has 1 atom stereocenters. The van der Waals surface area contributed by atoms with E-state index < -0.39 is 22.8 Å². The molecule has 0 fully saturated rings. The van der Waals surface area contributed by atoms with Gasteiger partial charge in [0.05, 0.1) is 16.1 Å². The first-order valence-corrected chi connectivity index (χ1v) is 11.3. The summed E-state index contributed by atoms with van der Waals surface area (Å²) in [4.78, 5) is 29.0. The molecule has 36 heavy (non-hydrogen) atoms. The number of nitrogens with zero attached hydrogens (tertiary/aromatic N) is 2. The van der Waals surface area contributed by atoms with Crippen LogP contribution < -0.4 is 21.6 Å². The van der Waals surface area contributed by atoms with Gasteiger partial charge in [-0.05, 0) is 48.0 Å². The number of benzene rings is 3. The van der Waals surface area contributed by atoms with Gasteiger partial charge in [-0.15, -0.1) is 0 Å². The molecule has 0 aliphatic carbocycles. The first-order chi connectivity index (χ1) is 17.2. The number of urea groups is 1. The summed E-state index contributed by atoms with van der Waals surface area (Å²) >= 11 is 5.61. The maximum Gasteiger partial charge on any atom is 0.417 e. The van der Waals surface area contributed by atoms with Gasteiger partial charge in [-0.25, -0.2) is 9.59 Å². The van der Waals surface area contributed by atoms with Crippen LogP contribution in [0, 0.1) is 0 Å². The topological polar surface area (TPSA) is 88.1 Å². The van der Waals surface area contributed by atoms with E-state index in [1.54, 1.807) is 22.8 Å². The van der Waals surface area contributed by atoms with E-state index in [0.29, 0.717) is 24.3 Å². The number of carbonyl (C=O) groups excluding carboxylic acids is 1.